The van der Waals surface area contributed by atoms with E-state index in [9.17, 15) is 8.78 Å². The molecule has 1 nitrogen and oxygen atoms in total. The van der Waals surface area contributed by atoms with Gasteiger partial charge in [-0.1, -0.05) is 13.0 Å². The van der Waals surface area contributed by atoms with E-state index < -0.39 is 11.6 Å². The van der Waals surface area contributed by atoms with Crippen LogP contribution in [0.3, 0.4) is 0 Å². The van der Waals surface area contributed by atoms with Crippen molar-refractivity contribution in [2.24, 2.45) is 0 Å². The molecule has 18 heavy (non-hydrogen) atoms. The second-order valence-electron chi connectivity index (χ2n) is 4.67. The first-order valence-corrected chi connectivity index (χ1v) is 7.53. The van der Waals surface area contributed by atoms with Crippen LogP contribution in [0.25, 0.3) is 0 Å². The fourth-order valence-electron chi connectivity index (χ4n) is 2.46. The van der Waals surface area contributed by atoms with E-state index in [1.807, 2.05) is 11.8 Å². The molecule has 1 aliphatic rings. The summed E-state index contributed by atoms with van der Waals surface area (Å²) < 4.78 is 26.9. The van der Waals surface area contributed by atoms with Crippen molar-refractivity contribution in [1.82, 2.24) is 5.32 Å². The van der Waals surface area contributed by atoms with Crippen molar-refractivity contribution in [3.8, 4) is 0 Å². The predicted octanol–water partition coefficient (Wildman–Crippen LogP) is 3.73. The fraction of sp³-hybridized carbons (Fsp3) is 0.571. The Balaban J connectivity index is 1.85. The smallest absolute Gasteiger partial charge is 0.130 e. The minimum absolute atomic E-state index is 0.157. The number of benzene rings is 1. The second-order valence-corrected chi connectivity index (χ2v) is 6.25. The molecule has 0 spiro atoms. The molecule has 1 aromatic carbocycles. The van der Waals surface area contributed by atoms with Gasteiger partial charge in [0.2, 0.25) is 0 Å². The highest BCUT2D eigenvalue weighted by Crippen LogP contribution is 2.29. The minimum atomic E-state index is -0.458. The Labute approximate surface area is 111 Å². The molecule has 0 amide bonds. The maximum atomic E-state index is 13.4. The van der Waals surface area contributed by atoms with Gasteiger partial charge in [0, 0.05) is 23.4 Å². The first-order chi connectivity index (χ1) is 8.70. The maximum Gasteiger partial charge on any atom is 0.130 e. The Kier molecular flexibility index (Phi) is 5.01. The van der Waals surface area contributed by atoms with E-state index in [2.05, 4.69) is 12.2 Å². The van der Waals surface area contributed by atoms with E-state index in [1.165, 1.54) is 24.6 Å². The largest absolute Gasteiger partial charge is 0.310 e. The van der Waals surface area contributed by atoms with Gasteiger partial charge in [0.15, 0.2) is 0 Å². The Morgan fingerprint density at radius 1 is 1.28 bits per heavy atom. The normalized spacial score (nSPS) is 23.5. The molecule has 0 saturated heterocycles. The molecule has 1 N–H and O–H groups in total. The zero-order valence-corrected chi connectivity index (χ0v) is 11.4. The van der Waals surface area contributed by atoms with Gasteiger partial charge in [-0.05, 0) is 37.1 Å². The van der Waals surface area contributed by atoms with Gasteiger partial charge in [-0.3, -0.25) is 0 Å². The van der Waals surface area contributed by atoms with E-state index >= 15 is 0 Å². The highest BCUT2D eigenvalue weighted by atomic mass is 32.2. The van der Waals surface area contributed by atoms with Gasteiger partial charge in [0.05, 0.1) is 0 Å². The molecule has 2 atom stereocenters. The molecule has 1 fully saturated rings. The van der Waals surface area contributed by atoms with Gasteiger partial charge in [-0.15, -0.1) is 0 Å². The van der Waals surface area contributed by atoms with Crippen LogP contribution in [-0.2, 0) is 6.54 Å². The summed E-state index contributed by atoms with van der Waals surface area (Å²) >= 11 is 1.98. The highest BCUT2D eigenvalue weighted by Gasteiger charge is 2.24. The molecule has 0 aromatic heterocycles. The summed E-state index contributed by atoms with van der Waals surface area (Å²) in [6.07, 6.45) is 3.41. The zero-order chi connectivity index (χ0) is 13.0. The van der Waals surface area contributed by atoms with E-state index in [0.717, 1.165) is 18.6 Å². The summed E-state index contributed by atoms with van der Waals surface area (Å²) in [6, 6.07) is 4.42. The lowest BCUT2D eigenvalue weighted by Crippen LogP contribution is -2.27. The van der Waals surface area contributed by atoms with Gasteiger partial charge >= 0.3 is 0 Å². The maximum absolute atomic E-state index is 13.4. The summed E-state index contributed by atoms with van der Waals surface area (Å²) in [5.41, 5.74) is 0.157. The van der Waals surface area contributed by atoms with Gasteiger partial charge < -0.3 is 5.32 Å². The van der Waals surface area contributed by atoms with Crippen LogP contribution in [0.1, 0.15) is 31.7 Å². The SMILES string of the molecule is CCSC1CCC(NCc2c(F)cccc2F)C1. The van der Waals surface area contributed by atoms with Crippen LogP contribution in [0.15, 0.2) is 18.2 Å². The number of thioether (sulfide) groups is 1. The van der Waals surface area contributed by atoms with Crippen LogP contribution in [-0.4, -0.2) is 17.0 Å². The van der Waals surface area contributed by atoms with Crippen LogP contribution >= 0.6 is 11.8 Å². The summed E-state index contributed by atoms with van der Waals surface area (Å²) in [5.74, 6) is 0.222. The van der Waals surface area contributed by atoms with E-state index in [4.69, 9.17) is 0 Å². The molecule has 0 heterocycles. The van der Waals surface area contributed by atoms with Crippen LogP contribution in [0.5, 0.6) is 0 Å². The molecular formula is C14H19F2NS. The fourth-order valence-corrected chi connectivity index (χ4v) is 3.60. The van der Waals surface area contributed by atoms with Crippen LogP contribution < -0.4 is 5.32 Å². The number of halogens is 2. The average Bonchev–Trinajstić information content (AvgIpc) is 2.77. The van der Waals surface area contributed by atoms with Crippen molar-refractivity contribution in [1.29, 1.82) is 0 Å². The number of hydrogen-bond donors (Lipinski definition) is 1. The molecular weight excluding hydrogens is 252 g/mol. The van der Waals surface area contributed by atoms with Gasteiger partial charge in [0.25, 0.3) is 0 Å². The lowest BCUT2D eigenvalue weighted by molar-refractivity contribution is 0.487. The van der Waals surface area contributed by atoms with Crippen LogP contribution in [0.2, 0.25) is 0 Å². The Morgan fingerprint density at radius 3 is 2.67 bits per heavy atom. The Hall–Kier alpha value is -0.610. The van der Waals surface area contributed by atoms with Gasteiger partial charge in [-0.2, -0.15) is 11.8 Å². The zero-order valence-electron chi connectivity index (χ0n) is 10.6. The molecule has 100 valence electrons. The van der Waals surface area contributed by atoms with Crippen molar-refractivity contribution < 1.29 is 8.78 Å². The third-order valence-corrected chi connectivity index (χ3v) is 4.65. The monoisotopic (exact) mass is 271 g/mol. The first-order valence-electron chi connectivity index (χ1n) is 6.48. The average molecular weight is 271 g/mol. The summed E-state index contributed by atoms with van der Waals surface area (Å²) in [4.78, 5) is 0. The van der Waals surface area contributed by atoms with Gasteiger partial charge in [-0.25, -0.2) is 8.78 Å². The highest BCUT2D eigenvalue weighted by molar-refractivity contribution is 7.99. The van der Waals surface area contributed by atoms with Gasteiger partial charge in [0.1, 0.15) is 11.6 Å². The van der Waals surface area contributed by atoms with E-state index in [0.29, 0.717) is 11.3 Å². The van der Waals surface area contributed by atoms with Crippen LogP contribution in [0.4, 0.5) is 8.78 Å². The third kappa shape index (κ3) is 3.45. The van der Waals surface area contributed by atoms with Crippen molar-refractivity contribution >= 4 is 11.8 Å². The standard InChI is InChI=1S/C14H19F2NS/c1-2-18-11-7-6-10(8-11)17-9-12-13(15)4-3-5-14(12)16/h3-5,10-11,17H,2,6-9H2,1H3. The molecule has 2 rings (SSSR count). The summed E-state index contributed by atoms with van der Waals surface area (Å²) in [5, 5.41) is 3.98. The Morgan fingerprint density at radius 2 is 2.00 bits per heavy atom. The molecule has 0 bridgehead atoms. The third-order valence-electron chi connectivity index (χ3n) is 3.42. The number of hydrogen-bond acceptors (Lipinski definition) is 2. The predicted molar refractivity (Wildman–Crippen MR) is 72.8 cm³/mol. The molecule has 1 aliphatic carbocycles. The molecule has 1 aromatic rings. The number of rotatable bonds is 5. The van der Waals surface area contributed by atoms with Crippen molar-refractivity contribution in [3.63, 3.8) is 0 Å². The minimum Gasteiger partial charge on any atom is -0.310 e. The molecule has 0 radical (unpaired) electrons. The lowest BCUT2D eigenvalue weighted by Gasteiger charge is -2.13. The van der Waals surface area contributed by atoms with Crippen LogP contribution in [0, 0.1) is 11.6 Å². The second kappa shape index (κ2) is 6.53. The van der Waals surface area contributed by atoms with Crippen molar-refractivity contribution in [3.05, 3.63) is 35.4 Å². The van der Waals surface area contributed by atoms with Crippen molar-refractivity contribution in [2.45, 2.75) is 44.0 Å². The molecule has 0 aliphatic heterocycles. The topological polar surface area (TPSA) is 12.0 Å². The van der Waals surface area contributed by atoms with Crippen molar-refractivity contribution in [2.75, 3.05) is 5.75 Å². The van der Waals surface area contributed by atoms with E-state index in [-0.39, 0.29) is 12.1 Å². The Bertz CT molecular complexity index is 377. The molecule has 4 heteroatoms. The first kappa shape index (κ1) is 13.8. The quantitative estimate of drug-likeness (QED) is 0.875. The molecule has 1 saturated carbocycles. The van der Waals surface area contributed by atoms with E-state index in [1.54, 1.807) is 0 Å². The summed E-state index contributed by atoms with van der Waals surface area (Å²) in [6.45, 7) is 2.45. The number of nitrogens with one attached hydrogen (secondary N) is 1. The summed E-state index contributed by atoms with van der Waals surface area (Å²) in [7, 11) is 0. The molecule has 2 unspecified atom stereocenters. The lowest BCUT2D eigenvalue weighted by atomic mass is 10.1.